The SMILES string of the molecule is CCCCCCCCCC(=O)C(N)CC(C)C. The van der Waals surface area contributed by atoms with E-state index in [4.69, 9.17) is 5.73 Å². The third kappa shape index (κ3) is 10.5. The molecule has 0 heterocycles. The van der Waals surface area contributed by atoms with E-state index in [1.807, 2.05) is 0 Å². The Bertz CT molecular complexity index is 189. The van der Waals surface area contributed by atoms with Gasteiger partial charge in [0.2, 0.25) is 0 Å². The van der Waals surface area contributed by atoms with Gasteiger partial charge in [-0.3, -0.25) is 4.79 Å². The molecule has 0 saturated carbocycles. The lowest BCUT2D eigenvalue weighted by atomic mass is 9.97. The summed E-state index contributed by atoms with van der Waals surface area (Å²) in [6.45, 7) is 6.45. The van der Waals surface area contributed by atoms with Crippen molar-refractivity contribution in [2.45, 2.75) is 84.6 Å². The van der Waals surface area contributed by atoms with Crippen molar-refractivity contribution in [1.82, 2.24) is 0 Å². The molecule has 1 atom stereocenters. The van der Waals surface area contributed by atoms with E-state index in [9.17, 15) is 4.79 Å². The van der Waals surface area contributed by atoms with Gasteiger partial charge in [0.1, 0.15) is 5.78 Å². The van der Waals surface area contributed by atoms with E-state index in [2.05, 4.69) is 20.8 Å². The van der Waals surface area contributed by atoms with Gasteiger partial charge in [-0.2, -0.15) is 0 Å². The number of carbonyl (C=O) groups excluding carboxylic acids is 1. The van der Waals surface area contributed by atoms with Crippen LogP contribution in [0.1, 0.15) is 78.6 Å². The maximum absolute atomic E-state index is 11.7. The van der Waals surface area contributed by atoms with Crippen molar-refractivity contribution in [3.05, 3.63) is 0 Å². The molecule has 0 aromatic rings. The molecule has 0 amide bonds. The molecule has 0 saturated heterocycles. The van der Waals surface area contributed by atoms with Crippen molar-refractivity contribution < 1.29 is 4.79 Å². The van der Waals surface area contributed by atoms with Crippen LogP contribution in [-0.2, 0) is 4.79 Å². The maximum atomic E-state index is 11.7. The summed E-state index contributed by atoms with van der Waals surface area (Å²) in [6, 6.07) is -0.227. The van der Waals surface area contributed by atoms with Crippen molar-refractivity contribution in [3.8, 4) is 0 Å². The Morgan fingerprint density at radius 3 is 2.06 bits per heavy atom. The molecule has 0 radical (unpaired) electrons. The zero-order valence-corrected chi connectivity index (χ0v) is 12.0. The number of hydrogen-bond acceptors (Lipinski definition) is 2. The number of rotatable bonds is 11. The van der Waals surface area contributed by atoms with Crippen LogP contribution in [0.15, 0.2) is 0 Å². The van der Waals surface area contributed by atoms with E-state index in [1.165, 1.54) is 38.5 Å². The summed E-state index contributed by atoms with van der Waals surface area (Å²) >= 11 is 0. The van der Waals surface area contributed by atoms with Gasteiger partial charge in [-0.25, -0.2) is 0 Å². The number of Topliss-reactive ketones (excluding diaryl/α,β-unsaturated/α-hetero) is 1. The molecule has 0 rings (SSSR count). The third-order valence-corrected chi connectivity index (χ3v) is 3.17. The summed E-state index contributed by atoms with van der Waals surface area (Å²) in [7, 11) is 0. The molecule has 0 aliphatic rings. The smallest absolute Gasteiger partial charge is 0.149 e. The lowest BCUT2D eigenvalue weighted by Crippen LogP contribution is -2.31. The molecule has 0 spiro atoms. The van der Waals surface area contributed by atoms with Crippen molar-refractivity contribution in [2.24, 2.45) is 11.7 Å². The highest BCUT2D eigenvalue weighted by Gasteiger charge is 2.13. The molecule has 0 aliphatic carbocycles. The standard InChI is InChI=1S/C15H31NO/c1-4-5-6-7-8-9-10-11-15(17)14(16)12-13(2)3/h13-14H,4-12,16H2,1-3H3. The van der Waals surface area contributed by atoms with Gasteiger partial charge in [0, 0.05) is 6.42 Å². The molecule has 102 valence electrons. The minimum atomic E-state index is -0.227. The van der Waals surface area contributed by atoms with E-state index in [1.54, 1.807) is 0 Å². The summed E-state index contributed by atoms with van der Waals surface area (Å²) in [5.74, 6) is 0.773. The Balaban J connectivity index is 3.38. The fraction of sp³-hybridized carbons (Fsp3) is 0.933. The zero-order chi connectivity index (χ0) is 13.1. The number of hydrogen-bond donors (Lipinski definition) is 1. The number of carbonyl (C=O) groups is 1. The van der Waals surface area contributed by atoms with Gasteiger partial charge in [-0.15, -0.1) is 0 Å². The summed E-state index contributed by atoms with van der Waals surface area (Å²) in [4.78, 5) is 11.7. The lowest BCUT2D eigenvalue weighted by molar-refractivity contribution is -0.120. The molecule has 0 bridgehead atoms. The predicted octanol–water partition coefficient (Wildman–Crippen LogP) is 4.07. The first kappa shape index (κ1) is 16.6. The van der Waals surface area contributed by atoms with Crippen molar-refractivity contribution >= 4 is 5.78 Å². The van der Waals surface area contributed by atoms with Crippen LogP contribution in [0.4, 0.5) is 0 Å². The van der Waals surface area contributed by atoms with Crippen molar-refractivity contribution in [1.29, 1.82) is 0 Å². The largest absolute Gasteiger partial charge is 0.322 e. The lowest BCUT2D eigenvalue weighted by Gasteiger charge is -2.12. The van der Waals surface area contributed by atoms with Gasteiger partial charge >= 0.3 is 0 Å². The molecule has 0 aromatic carbocycles. The van der Waals surface area contributed by atoms with Crippen LogP contribution in [0.3, 0.4) is 0 Å². The average Bonchev–Trinajstić information content (AvgIpc) is 2.26. The van der Waals surface area contributed by atoms with E-state index in [0.717, 1.165) is 12.8 Å². The van der Waals surface area contributed by atoms with Crippen LogP contribution >= 0.6 is 0 Å². The fourth-order valence-electron chi connectivity index (χ4n) is 2.08. The highest BCUT2D eigenvalue weighted by Crippen LogP contribution is 2.11. The Morgan fingerprint density at radius 2 is 1.53 bits per heavy atom. The summed E-state index contributed by atoms with van der Waals surface area (Å²) < 4.78 is 0. The van der Waals surface area contributed by atoms with Gasteiger partial charge in [0.25, 0.3) is 0 Å². The Morgan fingerprint density at radius 1 is 1.00 bits per heavy atom. The average molecular weight is 241 g/mol. The van der Waals surface area contributed by atoms with Crippen LogP contribution < -0.4 is 5.73 Å². The molecule has 2 nitrogen and oxygen atoms in total. The Labute approximate surface area is 107 Å². The van der Waals surface area contributed by atoms with E-state index in [0.29, 0.717) is 12.3 Å². The second-order valence-corrected chi connectivity index (χ2v) is 5.57. The summed E-state index contributed by atoms with van der Waals surface area (Å²) in [6.07, 6.45) is 10.3. The van der Waals surface area contributed by atoms with Gasteiger partial charge < -0.3 is 5.73 Å². The first-order valence-electron chi connectivity index (χ1n) is 7.36. The molecule has 0 fully saturated rings. The summed E-state index contributed by atoms with van der Waals surface area (Å²) in [5.41, 5.74) is 5.85. The predicted molar refractivity (Wildman–Crippen MR) is 75.0 cm³/mol. The van der Waals surface area contributed by atoms with Gasteiger partial charge in [0.15, 0.2) is 0 Å². The van der Waals surface area contributed by atoms with Crippen LogP contribution in [0.2, 0.25) is 0 Å². The van der Waals surface area contributed by atoms with Crippen LogP contribution in [0, 0.1) is 5.92 Å². The maximum Gasteiger partial charge on any atom is 0.149 e. The topological polar surface area (TPSA) is 43.1 Å². The highest BCUT2D eigenvalue weighted by atomic mass is 16.1. The molecular formula is C15H31NO. The number of unbranched alkanes of at least 4 members (excludes halogenated alkanes) is 6. The molecule has 0 aromatic heterocycles. The van der Waals surface area contributed by atoms with E-state index < -0.39 is 0 Å². The number of ketones is 1. The molecule has 0 aliphatic heterocycles. The minimum Gasteiger partial charge on any atom is -0.322 e. The third-order valence-electron chi connectivity index (χ3n) is 3.17. The fourth-order valence-corrected chi connectivity index (χ4v) is 2.08. The second kappa shape index (κ2) is 10.8. The normalized spacial score (nSPS) is 13.0. The van der Waals surface area contributed by atoms with Crippen LogP contribution in [-0.4, -0.2) is 11.8 Å². The van der Waals surface area contributed by atoms with Crippen molar-refractivity contribution in [2.75, 3.05) is 0 Å². The zero-order valence-electron chi connectivity index (χ0n) is 12.0. The molecular weight excluding hydrogens is 210 g/mol. The minimum absolute atomic E-state index is 0.227. The molecule has 2 heteroatoms. The molecule has 17 heavy (non-hydrogen) atoms. The van der Waals surface area contributed by atoms with Gasteiger partial charge in [0.05, 0.1) is 6.04 Å². The quantitative estimate of drug-likeness (QED) is 0.554. The molecule has 1 unspecified atom stereocenters. The monoisotopic (exact) mass is 241 g/mol. The van der Waals surface area contributed by atoms with E-state index >= 15 is 0 Å². The highest BCUT2D eigenvalue weighted by molar-refractivity contribution is 5.83. The first-order chi connectivity index (χ1) is 8.07. The van der Waals surface area contributed by atoms with Gasteiger partial charge in [-0.05, 0) is 18.8 Å². The van der Waals surface area contributed by atoms with E-state index in [-0.39, 0.29) is 11.8 Å². The first-order valence-corrected chi connectivity index (χ1v) is 7.36. The van der Waals surface area contributed by atoms with Crippen LogP contribution in [0.5, 0.6) is 0 Å². The summed E-state index contributed by atoms with van der Waals surface area (Å²) in [5, 5.41) is 0. The van der Waals surface area contributed by atoms with Crippen molar-refractivity contribution in [3.63, 3.8) is 0 Å². The number of nitrogens with two attached hydrogens (primary N) is 1. The Kier molecular flexibility index (Phi) is 10.5. The second-order valence-electron chi connectivity index (χ2n) is 5.57. The van der Waals surface area contributed by atoms with Gasteiger partial charge in [-0.1, -0.05) is 59.3 Å². The van der Waals surface area contributed by atoms with Crippen LogP contribution in [0.25, 0.3) is 0 Å². The molecule has 2 N–H and O–H groups in total. The Hall–Kier alpha value is -0.370.